The summed E-state index contributed by atoms with van der Waals surface area (Å²) < 4.78 is 6.70. The van der Waals surface area contributed by atoms with Crippen LogP contribution in [0.4, 0.5) is 10.5 Å². The van der Waals surface area contributed by atoms with Crippen LogP contribution in [0.3, 0.4) is 0 Å². The van der Waals surface area contributed by atoms with Crippen LogP contribution < -0.4 is 5.32 Å². The molecule has 9 heteroatoms. The summed E-state index contributed by atoms with van der Waals surface area (Å²) in [6.07, 6.45) is 3.27. The average molecular weight is 414 g/mol. The maximum Gasteiger partial charge on any atom is 0.341 e. The molecular formula is C20H23N5O3S. The molecule has 0 saturated heterocycles. The van der Waals surface area contributed by atoms with Crippen molar-refractivity contribution in [3.05, 3.63) is 57.8 Å². The van der Waals surface area contributed by atoms with E-state index >= 15 is 0 Å². The number of nitrogens with zero attached hydrogens (tertiary/aromatic N) is 4. The number of esters is 1. The lowest BCUT2D eigenvalue weighted by atomic mass is 10.2. The van der Waals surface area contributed by atoms with Crippen molar-refractivity contribution in [2.45, 2.75) is 27.3 Å². The maximum absolute atomic E-state index is 12.5. The van der Waals surface area contributed by atoms with Crippen LogP contribution in [-0.4, -0.2) is 45.3 Å². The van der Waals surface area contributed by atoms with Crippen molar-refractivity contribution in [2.24, 2.45) is 0 Å². The second-order valence-corrected chi connectivity index (χ2v) is 7.78. The number of aryl methyl sites for hydroxylation is 1. The molecule has 0 unspecified atom stereocenters. The van der Waals surface area contributed by atoms with Gasteiger partial charge in [-0.05, 0) is 39.0 Å². The van der Waals surface area contributed by atoms with Gasteiger partial charge in [-0.3, -0.25) is 0 Å². The molecule has 0 aliphatic rings. The molecule has 8 nitrogen and oxygen atoms in total. The van der Waals surface area contributed by atoms with Gasteiger partial charge in [0, 0.05) is 23.8 Å². The number of ether oxygens (including phenoxy) is 1. The SMILES string of the molecule is CCOC(=O)c1cnn(-c2cccc(NC(=O)N(C)Cc3cnc(C)s3)c2)c1C. The summed E-state index contributed by atoms with van der Waals surface area (Å²) in [6, 6.07) is 7.06. The smallest absolute Gasteiger partial charge is 0.341 e. The standard InChI is InChI=1S/C20H23N5O3S/c1-5-28-19(26)18-11-22-25(13(18)2)16-8-6-7-15(9-16)23-20(27)24(4)12-17-10-21-14(3)29-17/h6-11H,5,12H2,1-4H3,(H,23,27). The van der Waals surface area contributed by atoms with E-state index in [9.17, 15) is 9.59 Å². The first kappa shape index (κ1) is 20.5. The zero-order valence-corrected chi connectivity index (χ0v) is 17.6. The third-order valence-electron chi connectivity index (χ3n) is 4.26. The Bertz CT molecular complexity index is 1030. The topological polar surface area (TPSA) is 89.3 Å². The van der Waals surface area contributed by atoms with E-state index in [1.54, 1.807) is 60.1 Å². The minimum atomic E-state index is -0.402. The predicted octanol–water partition coefficient (Wildman–Crippen LogP) is 3.79. The molecule has 0 spiro atoms. The Labute approximate surface area is 173 Å². The number of thiazole rings is 1. The number of hydrogen-bond acceptors (Lipinski definition) is 6. The zero-order valence-electron chi connectivity index (χ0n) is 16.8. The summed E-state index contributed by atoms with van der Waals surface area (Å²) in [5, 5.41) is 8.15. The van der Waals surface area contributed by atoms with Crippen LogP contribution in [-0.2, 0) is 11.3 Å². The quantitative estimate of drug-likeness (QED) is 0.621. The number of anilines is 1. The van der Waals surface area contributed by atoms with Gasteiger partial charge >= 0.3 is 12.0 Å². The molecule has 152 valence electrons. The molecule has 0 bridgehead atoms. The van der Waals surface area contributed by atoms with Crippen molar-refractivity contribution in [1.82, 2.24) is 19.7 Å². The molecule has 0 aliphatic carbocycles. The number of amides is 2. The van der Waals surface area contributed by atoms with Crippen molar-refractivity contribution < 1.29 is 14.3 Å². The first-order valence-electron chi connectivity index (χ1n) is 9.14. The van der Waals surface area contributed by atoms with Crippen LogP contribution in [0.25, 0.3) is 5.69 Å². The normalized spacial score (nSPS) is 10.6. The fourth-order valence-electron chi connectivity index (χ4n) is 2.80. The Balaban J connectivity index is 1.73. The van der Waals surface area contributed by atoms with Crippen LogP contribution in [0.5, 0.6) is 0 Å². The lowest BCUT2D eigenvalue weighted by Gasteiger charge is -2.17. The number of hydrogen-bond donors (Lipinski definition) is 1. The lowest BCUT2D eigenvalue weighted by molar-refractivity contribution is 0.0525. The summed E-state index contributed by atoms with van der Waals surface area (Å²) in [6.45, 7) is 6.29. The van der Waals surface area contributed by atoms with Crippen LogP contribution >= 0.6 is 11.3 Å². The maximum atomic E-state index is 12.5. The first-order chi connectivity index (χ1) is 13.9. The van der Waals surface area contributed by atoms with Gasteiger partial charge in [-0.15, -0.1) is 11.3 Å². The van der Waals surface area contributed by atoms with E-state index in [1.165, 1.54) is 6.20 Å². The van der Waals surface area contributed by atoms with Gasteiger partial charge in [0.2, 0.25) is 0 Å². The van der Waals surface area contributed by atoms with Crippen LogP contribution in [0, 0.1) is 13.8 Å². The molecule has 2 amide bonds. The highest BCUT2D eigenvalue weighted by atomic mass is 32.1. The summed E-state index contributed by atoms with van der Waals surface area (Å²) >= 11 is 1.57. The third-order valence-corrected chi connectivity index (χ3v) is 5.15. The van der Waals surface area contributed by atoms with Gasteiger partial charge in [-0.25, -0.2) is 19.3 Å². The van der Waals surface area contributed by atoms with Crippen LogP contribution in [0.2, 0.25) is 0 Å². The van der Waals surface area contributed by atoms with Crippen molar-refractivity contribution in [1.29, 1.82) is 0 Å². The Hall–Kier alpha value is -3.20. The monoisotopic (exact) mass is 413 g/mol. The van der Waals surface area contributed by atoms with E-state index in [0.717, 1.165) is 15.6 Å². The first-order valence-corrected chi connectivity index (χ1v) is 9.96. The molecule has 0 saturated carbocycles. The molecule has 1 aromatic carbocycles. The van der Waals surface area contributed by atoms with Gasteiger partial charge in [0.1, 0.15) is 5.56 Å². The Morgan fingerprint density at radius 3 is 2.76 bits per heavy atom. The minimum Gasteiger partial charge on any atom is -0.462 e. The number of aromatic nitrogens is 3. The van der Waals surface area contributed by atoms with E-state index in [4.69, 9.17) is 4.74 Å². The van der Waals surface area contributed by atoms with Gasteiger partial charge in [0.05, 0.1) is 35.7 Å². The molecule has 3 rings (SSSR count). The van der Waals surface area contributed by atoms with Crippen molar-refractivity contribution in [3.63, 3.8) is 0 Å². The fourth-order valence-corrected chi connectivity index (χ4v) is 3.65. The number of rotatable bonds is 6. The Morgan fingerprint density at radius 2 is 2.07 bits per heavy atom. The molecule has 0 aliphatic heterocycles. The molecule has 2 heterocycles. The van der Waals surface area contributed by atoms with Crippen molar-refractivity contribution >= 4 is 29.0 Å². The number of nitrogens with one attached hydrogen (secondary N) is 1. The van der Waals surface area contributed by atoms with E-state index in [-0.39, 0.29) is 6.03 Å². The highest BCUT2D eigenvalue weighted by Gasteiger charge is 2.17. The van der Waals surface area contributed by atoms with Crippen LogP contribution in [0.15, 0.2) is 36.7 Å². The Kier molecular flexibility index (Phi) is 6.28. The largest absolute Gasteiger partial charge is 0.462 e. The molecular weight excluding hydrogens is 390 g/mol. The van der Waals surface area contributed by atoms with Gasteiger partial charge < -0.3 is 15.0 Å². The second kappa shape index (κ2) is 8.87. The van der Waals surface area contributed by atoms with Crippen molar-refractivity contribution in [2.75, 3.05) is 19.0 Å². The number of carbonyl (C=O) groups is 2. The van der Waals surface area contributed by atoms with E-state index in [2.05, 4.69) is 15.4 Å². The summed E-state index contributed by atoms with van der Waals surface area (Å²) in [5.74, 6) is -0.402. The molecule has 0 atom stereocenters. The fraction of sp³-hybridized carbons (Fsp3) is 0.300. The van der Waals surface area contributed by atoms with Crippen molar-refractivity contribution in [3.8, 4) is 5.69 Å². The van der Waals surface area contributed by atoms with Gasteiger partial charge in [0.25, 0.3) is 0 Å². The number of carbonyl (C=O) groups excluding carboxylic acids is 2. The van der Waals surface area contributed by atoms with E-state index in [0.29, 0.717) is 30.1 Å². The minimum absolute atomic E-state index is 0.224. The van der Waals surface area contributed by atoms with Crippen LogP contribution in [0.1, 0.15) is 32.9 Å². The highest BCUT2D eigenvalue weighted by molar-refractivity contribution is 7.11. The highest BCUT2D eigenvalue weighted by Crippen LogP contribution is 2.19. The second-order valence-electron chi connectivity index (χ2n) is 6.46. The van der Waals surface area contributed by atoms with Gasteiger partial charge in [-0.2, -0.15) is 5.10 Å². The lowest BCUT2D eigenvalue weighted by Crippen LogP contribution is -2.30. The molecule has 0 radical (unpaired) electrons. The Morgan fingerprint density at radius 1 is 1.28 bits per heavy atom. The molecule has 29 heavy (non-hydrogen) atoms. The summed E-state index contributed by atoms with van der Waals surface area (Å²) in [7, 11) is 1.73. The molecule has 1 N–H and O–H groups in total. The summed E-state index contributed by atoms with van der Waals surface area (Å²) in [4.78, 5) is 31.4. The van der Waals surface area contributed by atoms with Gasteiger partial charge in [-0.1, -0.05) is 6.07 Å². The van der Waals surface area contributed by atoms with E-state index in [1.807, 2.05) is 19.1 Å². The predicted molar refractivity (Wildman–Crippen MR) is 112 cm³/mol. The van der Waals surface area contributed by atoms with E-state index < -0.39 is 5.97 Å². The number of urea groups is 1. The molecule has 0 fully saturated rings. The molecule has 2 aromatic heterocycles. The average Bonchev–Trinajstić information content (AvgIpc) is 3.27. The third kappa shape index (κ3) is 4.80. The zero-order chi connectivity index (χ0) is 21.0. The number of benzene rings is 1. The molecule has 3 aromatic rings. The van der Waals surface area contributed by atoms with Gasteiger partial charge in [0.15, 0.2) is 0 Å². The summed E-state index contributed by atoms with van der Waals surface area (Å²) in [5.41, 5.74) is 2.45.